The molecule has 0 aliphatic rings. The third-order valence-electron chi connectivity index (χ3n) is 4.10. The zero-order valence-electron chi connectivity index (χ0n) is 14.7. The second kappa shape index (κ2) is 17.3. The first kappa shape index (κ1) is 20.3. The molecule has 0 radical (unpaired) electrons. The predicted octanol–water partition coefficient (Wildman–Crippen LogP) is 6.89. The molecule has 0 atom stereocenters. The maximum atomic E-state index is 5.78. The van der Waals surface area contributed by atoms with E-state index in [2.05, 4.69) is 19.1 Å². The molecule has 0 spiro atoms. The molecule has 0 unspecified atom stereocenters. The highest BCUT2D eigenvalue weighted by molar-refractivity contribution is 4.92. The molecule has 0 saturated carbocycles. The van der Waals surface area contributed by atoms with Crippen molar-refractivity contribution in [3.05, 3.63) is 23.9 Å². The standard InChI is InChI=1S/C20H39N/c1-3-5-6-7-8-9-10-11-12-13-14-15-16-17-18-19-20(21)4-2/h4,11-12H,3,5-10,13-19,21H2,1-2H3/b12-11-,20-4?. The molecule has 0 aromatic heterocycles. The maximum absolute atomic E-state index is 5.78. The van der Waals surface area contributed by atoms with Gasteiger partial charge in [0.25, 0.3) is 0 Å². The van der Waals surface area contributed by atoms with Crippen LogP contribution in [-0.2, 0) is 0 Å². The van der Waals surface area contributed by atoms with Gasteiger partial charge >= 0.3 is 0 Å². The van der Waals surface area contributed by atoms with Crippen LogP contribution in [0.3, 0.4) is 0 Å². The molecule has 0 aliphatic carbocycles. The van der Waals surface area contributed by atoms with Gasteiger partial charge in [0.05, 0.1) is 0 Å². The molecular weight excluding hydrogens is 254 g/mol. The average Bonchev–Trinajstić information content (AvgIpc) is 2.50. The highest BCUT2D eigenvalue weighted by Gasteiger charge is 1.92. The number of unbranched alkanes of at least 4 members (excludes halogenated alkanes) is 11. The van der Waals surface area contributed by atoms with Gasteiger partial charge in [0.1, 0.15) is 0 Å². The van der Waals surface area contributed by atoms with Gasteiger partial charge in [-0.05, 0) is 45.4 Å². The molecule has 0 heterocycles. The van der Waals surface area contributed by atoms with Crippen molar-refractivity contribution in [2.24, 2.45) is 5.73 Å². The topological polar surface area (TPSA) is 26.0 Å². The Morgan fingerprint density at radius 3 is 1.71 bits per heavy atom. The second-order valence-corrected chi connectivity index (χ2v) is 6.20. The average molecular weight is 294 g/mol. The number of rotatable bonds is 15. The molecule has 21 heavy (non-hydrogen) atoms. The van der Waals surface area contributed by atoms with Crippen molar-refractivity contribution in [3.63, 3.8) is 0 Å². The Kier molecular flexibility index (Phi) is 16.7. The fourth-order valence-electron chi connectivity index (χ4n) is 2.54. The molecule has 2 N–H and O–H groups in total. The third-order valence-corrected chi connectivity index (χ3v) is 4.10. The molecule has 0 aromatic rings. The Labute approximate surface area is 134 Å². The predicted molar refractivity (Wildman–Crippen MR) is 97.4 cm³/mol. The van der Waals surface area contributed by atoms with Crippen LogP contribution in [0.1, 0.15) is 104 Å². The van der Waals surface area contributed by atoms with Crippen molar-refractivity contribution < 1.29 is 0 Å². The quantitative estimate of drug-likeness (QED) is 0.258. The van der Waals surface area contributed by atoms with Crippen molar-refractivity contribution in [1.29, 1.82) is 0 Å². The molecule has 0 aliphatic heterocycles. The summed E-state index contributed by atoms with van der Waals surface area (Å²) < 4.78 is 0. The summed E-state index contributed by atoms with van der Waals surface area (Å²) in [4.78, 5) is 0. The third kappa shape index (κ3) is 17.2. The fourth-order valence-corrected chi connectivity index (χ4v) is 2.54. The Morgan fingerprint density at radius 2 is 1.19 bits per heavy atom. The van der Waals surface area contributed by atoms with Crippen molar-refractivity contribution in [2.75, 3.05) is 0 Å². The van der Waals surface area contributed by atoms with Crippen LogP contribution in [0, 0.1) is 0 Å². The number of hydrogen-bond acceptors (Lipinski definition) is 1. The first-order chi connectivity index (χ1) is 10.3. The van der Waals surface area contributed by atoms with Crippen molar-refractivity contribution in [2.45, 2.75) is 104 Å². The smallest absolute Gasteiger partial charge is 0.00371 e. The summed E-state index contributed by atoms with van der Waals surface area (Å²) in [5.74, 6) is 0. The number of allylic oxidation sites excluding steroid dienone is 4. The number of nitrogens with two attached hydrogens (primary N) is 1. The van der Waals surface area contributed by atoms with Gasteiger partial charge in [0, 0.05) is 5.70 Å². The van der Waals surface area contributed by atoms with Crippen LogP contribution in [0.2, 0.25) is 0 Å². The van der Waals surface area contributed by atoms with E-state index in [1.165, 1.54) is 83.5 Å². The van der Waals surface area contributed by atoms with Crippen molar-refractivity contribution in [1.82, 2.24) is 0 Å². The van der Waals surface area contributed by atoms with Crippen LogP contribution in [0.4, 0.5) is 0 Å². The molecule has 124 valence electrons. The molecule has 1 nitrogen and oxygen atoms in total. The van der Waals surface area contributed by atoms with E-state index in [9.17, 15) is 0 Å². The van der Waals surface area contributed by atoms with Crippen molar-refractivity contribution in [3.8, 4) is 0 Å². The molecule has 1 heteroatoms. The Morgan fingerprint density at radius 1 is 0.714 bits per heavy atom. The second-order valence-electron chi connectivity index (χ2n) is 6.20. The lowest BCUT2D eigenvalue weighted by atomic mass is 10.1. The van der Waals surface area contributed by atoms with E-state index in [0.29, 0.717) is 0 Å². The van der Waals surface area contributed by atoms with Crippen LogP contribution in [0.25, 0.3) is 0 Å². The fraction of sp³-hybridized carbons (Fsp3) is 0.800. The van der Waals surface area contributed by atoms with Gasteiger partial charge in [-0.15, -0.1) is 0 Å². The first-order valence-corrected chi connectivity index (χ1v) is 9.37. The van der Waals surface area contributed by atoms with Gasteiger partial charge in [-0.2, -0.15) is 0 Å². The maximum Gasteiger partial charge on any atom is 0.00371 e. The summed E-state index contributed by atoms with van der Waals surface area (Å²) in [6, 6.07) is 0. The highest BCUT2D eigenvalue weighted by atomic mass is 14.6. The lowest BCUT2D eigenvalue weighted by Crippen LogP contribution is -1.95. The Hall–Kier alpha value is -0.720. The molecular formula is C20H39N. The molecule has 0 saturated heterocycles. The van der Waals surface area contributed by atoms with E-state index in [0.717, 1.165) is 12.1 Å². The van der Waals surface area contributed by atoms with Crippen LogP contribution < -0.4 is 5.73 Å². The van der Waals surface area contributed by atoms with E-state index in [1.807, 2.05) is 13.0 Å². The highest BCUT2D eigenvalue weighted by Crippen LogP contribution is 2.10. The Bertz CT molecular complexity index is 253. The van der Waals surface area contributed by atoms with Crippen LogP contribution in [-0.4, -0.2) is 0 Å². The van der Waals surface area contributed by atoms with Gasteiger partial charge in [-0.3, -0.25) is 0 Å². The largest absolute Gasteiger partial charge is 0.402 e. The summed E-state index contributed by atoms with van der Waals surface area (Å²) in [7, 11) is 0. The SMILES string of the molecule is CC=C(N)CCCCCCC/C=C\CCCCCCCC. The van der Waals surface area contributed by atoms with Gasteiger partial charge in [0.2, 0.25) is 0 Å². The summed E-state index contributed by atoms with van der Waals surface area (Å²) >= 11 is 0. The lowest BCUT2D eigenvalue weighted by molar-refractivity contribution is 0.608. The van der Waals surface area contributed by atoms with Crippen LogP contribution in [0.15, 0.2) is 23.9 Å². The summed E-state index contributed by atoms with van der Waals surface area (Å²) in [6.07, 6.45) is 25.5. The van der Waals surface area contributed by atoms with E-state index < -0.39 is 0 Å². The monoisotopic (exact) mass is 293 g/mol. The van der Waals surface area contributed by atoms with Crippen LogP contribution in [0.5, 0.6) is 0 Å². The summed E-state index contributed by atoms with van der Waals surface area (Å²) in [5, 5.41) is 0. The summed E-state index contributed by atoms with van der Waals surface area (Å²) in [6.45, 7) is 4.30. The van der Waals surface area contributed by atoms with Gasteiger partial charge < -0.3 is 5.73 Å². The van der Waals surface area contributed by atoms with Gasteiger partial charge in [0.15, 0.2) is 0 Å². The van der Waals surface area contributed by atoms with E-state index in [1.54, 1.807) is 0 Å². The summed E-state index contributed by atoms with van der Waals surface area (Å²) in [5.41, 5.74) is 6.83. The van der Waals surface area contributed by atoms with Gasteiger partial charge in [-0.25, -0.2) is 0 Å². The van der Waals surface area contributed by atoms with Gasteiger partial charge in [-0.1, -0.05) is 76.5 Å². The normalized spacial score (nSPS) is 12.4. The molecule has 0 fully saturated rings. The minimum absolute atomic E-state index is 1.05. The molecule has 0 aromatic carbocycles. The Balaban J connectivity index is 3.12. The molecule has 0 bridgehead atoms. The zero-order chi connectivity index (χ0) is 15.6. The van der Waals surface area contributed by atoms with E-state index in [-0.39, 0.29) is 0 Å². The lowest BCUT2D eigenvalue weighted by Gasteiger charge is -2.01. The van der Waals surface area contributed by atoms with E-state index in [4.69, 9.17) is 5.73 Å². The van der Waals surface area contributed by atoms with Crippen molar-refractivity contribution >= 4 is 0 Å². The number of hydrogen-bond donors (Lipinski definition) is 1. The molecule has 0 rings (SSSR count). The van der Waals surface area contributed by atoms with Crippen LogP contribution >= 0.6 is 0 Å². The first-order valence-electron chi connectivity index (χ1n) is 9.37. The van der Waals surface area contributed by atoms with E-state index >= 15 is 0 Å². The zero-order valence-corrected chi connectivity index (χ0v) is 14.7. The minimum Gasteiger partial charge on any atom is -0.402 e. The molecule has 0 amide bonds. The minimum atomic E-state index is 1.05.